The second kappa shape index (κ2) is 11.0. The van der Waals surface area contributed by atoms with E-state index in [-0.39, 0.29) is 19.1 Å². The summed E-state index contributed by atoms with van der Waals surface area (Å²) in [5.41, 5.74) is 0. The Balaban J connectivity index is 1.36. The third-order valence-electron chi connectivity index (χ3n) is 4.72. The van der Waals surface area contributed by atoms with Crippen LogP contribution in [0.5, 0.6) is 11.5 Å². The van der Waals surface area contributed by atoms with Gasteiger partial charge in [-0.2, -0.15) is 0 Å². The molecule has 162 valence electrons. The number of likely N-dealkylation sites (tertiary alicyclic amines) is 1. The third kappa shape index (κ3) is 6.91. The molecule has 5 nitrogen and oxygen atoms in total. The first-order valence-corrected chi connectivity index (χ1v) is 10.7. The van der Waals surface area contributed by atoms with Gasteiger partial charge in [-0.3, -0.25) is 9.69 Å². The first-order chi connectivity index (χ1) is 14.4. The molecule has 30 heavy (non-hydrogen) atoms. The molecule has 0 aromatic heterocycles. The second-order valence-electron chi connectivity index (χ2n) is 6.95. The lowest BCUT2D eigenvalue weighted by molar-refractivity contribution is -0.124. The highest BCUT2D eigenvalue weighted by Crippen LogP contribution is 2.26. The Morgan fingerprint density at radius 3 is 2.50 bits per heavy atom. The van der Waals surface area contributed by atoms with Crippen molar-refractivity contribution in [3.8, 4) is 11.5 Å². The van der Waals surface area contributed by atoms with Gasteiger partial charge >= 0.3 is 0 Å². The molecule has 0 aliphatic carbocycles. The number of hydrogen-bond donors (Lipinski definition) is 1. The Kier molecular flexibility index (Phi) is 8.45. The topological polar surface area (TPSA) is 50.8 Å². The van der Waals surface area contributed by atoms with Crippen molar-refractivity contribution in [3.05, 3.63) is 57.5 Å². The zero-order valence-corrected chi connectivity index (χ0v) is 18.4. The number of rotatable bonds is 8. The summed E-state index contributed by atoms with van der Waals surface area (Å²) >= 11 is 17.6. The van der Waals surface area contributed by atoms with Crippen molar-refractivity contribution >= 4 is 40.7 Å². The van der Waals surface area contributed by atoms with Crippen LogP contribution in [-0.2, 0) is 4.79 Å². The van der Waals surface area contributed by atoms with Gasteiger partial charge in [0.1, 0.15) is 24.3 Å². The number of amides is 1. The molecule has 2 atom stereocenters. The fourth-order valence-electron chi connectivity index (χ4n) is 3.12. The van der Waals surface area contributed by atoms with E-state index >= 15 is 0 Å². The number of carbonyl (C=O) groups excluding carboxylic acids is 1. The first kappa shape index (κ1) is 22.9. The number of nitrogens with one attached hydrogen (secondary N) is 1. The van der Waals surface area contributed by atoms with Crippen molar-refractivity contribution < 1.29 is 18.7 Å². The van der Waals surface area contributed by atoms with Gasteiger partial charge < -0.3 is 14.8 Å². The Bertz CT molecular complexity index is 854. The average molecular weight is 476 g/mol. The van der Waals surface area contributed by atoms with Crippen molar-refractivity contribution in [1.82, 2.24) is 10.2 Å². The van der Waals surface area contributed by atoms with E-state index in [0.717, 1.165) is 0 Å². The molecule has 1 amide bonds. The van der Waals surface area contributed by atoms with Crippen LogP contribution in [-0.4, -0.2) is 55.9 Å². The standard InChI is InChI=1S/C21H22Cl3FN2O3/c22-14-1-3-15(4-2-14)30-13-21(28)26-20-7-8-27(12-19(20)25)9-10-29-16-5-6-17(23)18(24)11-16/h1-6,11,19-20H,7-10,12-13H2,(H,26,28). The summed E-state index contributed by atoms with van der Waals surface area (Å²) in [6.07, 6.45) is -0.649. The maximum absolute atomic E-state index is 14.5. The molecule has 0 saturated carbocycles. The summed E-state index contributed by atoms with van der Waals surface area (Å²) < 4.78 is 25.6. The zero-order valence-electron chi connectivity index (χ0n) is 16.1. The molecule has 1 N–H and O–H groups in total. The zero-order chi connectivity index (χ0) is 21.5. The minimum Gasteiger partial charge on any atom is -0.492 e. The molecule has 1 saturated heterocycles. The van der Waals surface area contributed by atoms with Gasteiger partial charge in [-0.1, -0.05) is 34.8 Å². The summed E-state index contributed by atoms with van der Waals surface area (Å²) in [6.45, 7) is 1.69. The molecule has 2 aromatic carbocycles. The summed E-state index contributed by atoms with van der Waals surface area (Å²) in [5, 5.41) is 4.19. The molecule has 9 heteroatoms. The molecule has 1 heterocycles. The van der Waals surface area contributed by atoms with E-state index in [2.05, 4.69) is 5.32 Å². The number of halogens is 4. The van der Waals surface area contributed by atoms with E-state index in [9.17, 15) is 9.18 Å². The SMILES string of the molecule is O=C(COc1ccc(Cl)cc1)NC1CCN(CCOc2ccc(Cl)c(Cl)c2)CC1F. The Hall–Kier alpha value is -1.73. The Morgan fingerprint density at radius 2 is 1.80 bits per heavy atom. The molecule has 1 fully saturated rings. The number of carbonyl (C=O) groups is 1. The maximum atomic E-state index is 14.5. The van der Waals surface area contributed by atoms with Gasteiger partial charge in [0.25, 0.3) is 5.91 Å². The Labute approximate surface area is 190 Å². The highest BCUT2D eigenvalue weighted by Gasteiger charge is 2.30. The highest BCUT2D eigenvalue weighted by molar-refractivity contribution is 6.42. The number of nitrogens with zero attached hydrogens (tertiary/aromatic N) is 1. The van der Waals surface area contributed by atoms with Gasteiger partial charge in [-0.15, -0.1) is 0 Å². The van der Waals surface area contributed by atoms with E-state index in [1.54, 1.807) is 42.5 Å². The van der Waals surface area contributed by atoms with Crippen LogP contribution in [0, 0.1) is 0 Å². The number of benzene rings is 2. The normalized spacial score (nSPS) is 19.3. The average Bonchev–Trinajstić information content (AvgIpc) is 2.72. The maximum Gasteiger partial charge on any atom is 0.258 e. The summed E-state index contributed by atoms with van der Waals surface area (Å²) in [6, 6.07) is 11.2. The number of hydrogen-bond acceptors (Lipinski definition) is 4. The monoisotopic (exact) mass is 474 g/mol. The van der Waals surface area contributed by atoms with E-state index in [0.29, 0.717) is 52.7 Å². The largest absolute Gasteiger partial charge is 0.492 e. The molecule has 3 rings (SSSR count). The number of piperidine rings is 1. The summed E-state index contributed by atoms with van der Waals surface area (Å²) in [5.74, 6) is 0.793. The summed E-state index contributed by atoms with van der Waals surface area (Å²) in [4.78, 5) is 14.0. The van der Waals surface area contributed by atoms with Gasteiger partial charge in [-0.25, -0.2) is 4.39 Å². The lowest BCUT2D eigenvalue weighted by atomic mass is 10.0. The fourth-order valence-corrected chi connectivity index (χ4v) is 3.53. The molecule has 0 radical (unpaired) electrons. The first-order valence-electron chi connectivity index (χ1n) is 9.53. The number of ether oxygens (including phenoxy) is 2. The van der Waals surface area contributed by atoms with Crippen molar-refractivity contribution in [2.24, 2.45) is 0 Å². The Morgan fingerprint density at radius 1 is 1.07 bits per heavy atom. The predicted octanol–water partition coefficient (Wildman–Crippen LogP) is 4.63. The molecular formula is C21H22Cl3FN2O3. The molecule has 1 aliphatic rings. The lowest BCUT2D eigenvalue weighted by Crippen LogP contribution is -2.53. The van der Waals surface area contributed by atoms with Crippen molar-refractivity contribution in [2.45, 2.75) is 18.6 Å². The van der Waals surface area contributed by atoms with Crippen LogP contribution in [0.1, 0.15) is 6.42 Å². The van der Waals surface area contributed by atoms with Gasteiger partial charge in [0.2, 0.25) is 0 Å². The minimum atomic E-state index is -1.16. The van der Waals surface area contributed by atoms with Crippen LogP contribution in [0.4, 0.5) is 4.39 Å². The lowest BCUT2D eigenvalue weighted by Gasteiger charge is -2.34. The summed E-state index contributed by atoms with van der Waals surface area (Å²) in [7, 11) is 0. The van der Waals surface area contributed by atoms with Crippen LogP contribution >= 0.6 is 34.8 Å². The van der Waals surface area contributed by atoms with E-state index in [1.165, 1.54) is 0 Å². The number of alkyl halides is 1. The smallest absolute Gasteiger partial charge is 0.258 e. The van der Waals surface area contributed by atoms with Crippen molar-refractivity contribution in [1.29, 1.82) is 0 Å². The van der Waals surface area contributed by atoms with Crippen LogP contribution in [0.25, 0.3) is 0 Å². The molecule has 0 spiro atoms. The van der Waals surface area contributed by atoms with E-state index in [4.69, 9.17) is 44.3 Å². The predicted molar refractivity (Wildman–Crippen MR) is 117 cm³/mol. The van der Waals surface area contributed by atoms with Gasteiger partial charge in [0.15, 0.2) is 6.61 Å². The van der Waals surface area contributed by atoms with Crippen molar-refractivity contribution in [2.75, 3.05) is 32.8 Å². The fraction of sp³-hybridized carbons (Fsp3) is 0.381. The molecule has 1 aliphatic heterocycles. The molecule has 2 aromatic rings. The van der Waals surface area contributed by atoms with Gasteiger partial charge in [0, 0.05) is 30.7 Å². The van der Waals surface area contributed by atoms with Gasteiger partial charge in [-0.05, 0) is 42.8 Å². The van der Waals surface area contributed by atoms with E-state index < -0.39 is 12.2 Å². The van der Waals surface area contributed by atoms with Crippen LogP contribution < -0.4 is 14.8 Å². The van der Waals surface area contributed by atoms with Crippen molar-refractivity contribution in [3.63, 3.8) is 0 Å². The molecular weight excluding hydrogens is 454 g/mol. The van der Waals surface area contributed by atoms with Crippen LogP contribution in [0.2, 0.25) is 15.1 Å². The molecule has 2 unspecified atom stereocenters. The van der Waals surface area contributed by atoms with Gasteiger partial charge in [0.05, 0.1) is 16.1 Å². The molecule has 0 bridgehead atoms. The van der Waals surface area contributed by atoms with Crippen LogP contribution in [0.15, 0.2) is 42.5 Å². The van der Waals surface area contributed by atoms with Crippen LogP contribution in [0.3, 0.4) is 0 Å². The minimum absolute atomic E-state index is 0.175. The third-order valence-corrected chi connectivity index (χ3v) is 5.71. The quantitative estimate of drug-likeness (QED) is 0.605. The van der Waals surface area contributed by atoms with E-state index in [1.807, 2.05) is 4.90 Å². The highest BCUT2D eigenvalue weighted by atomic mass is 35.5. The second-order valence-corrected chi connectivity index (χ2v) is 8.20.